The Morgan fingerprint density at radius 3 is 2.50 bits per heavy atom. The highest BCUT2D eigenvalue weighted by atomic mass is 35.5. The van der Waals surface area contributed by atoms with Crippen LogP contribution in [0, 0.1) is 0 Å². The molecule has 0 N–H and O–H groups in total. The third kappa shape index (κ3) is 4.14. The Labute approximate surface area is 130 Å². The summed E-state index contributed by atoms with van der Waals surface area (Å²) in [6.07, 6.45) is 4.87. The second-order valence-corrected chi connectivity index (χ2v) is 6.31. The van der Waals surface area contributed by atoms with E-state index in [0.717, 1.165) is 35.7 Å². The van der Waals surface area contributed by atoms with Crippen LogP contribution in [0.2, 0.25) is 5.15 Å². The Hall–Kier alpha value is -0.710. The largest absolute Gasteiger partial charge is 0.296 e. The molecule has 0 aromatic carbocycles. The zero-order chi connectivity index (χ0) is 14.4. The van der Waals surface area contributed by atoms with Gasteiger partial charge in [-0.05, 0) is 37.4 Å². The van der Waals surface area contributed by atoms with Crippen LogP contribution in [0.3, 0.4) is 0 Å². The number of aromatic nitrogens is 2. The van der Waals surface area contributed by atoms with Crippen LogP contribution in [-0.4, -0.2) is 28.0 Å². The number of rotatable bonds is 8. The van der Waals surface area contributed by atoms with Gasteiger partial charge in [0.1, 0.15) is 15.8 Å². The molecule has 0 aliphatic heterocycles. The molecule has 20 heavy (non-hydrogen) atoms. The van der Waals surface area contributed by atoms with Gasteiger partial charge in [0.25, 0.3) is 0 Å². The standard InChI is InChI=1S/C15H22ClN3S/c1-3-5-8-19(9-6-4-2)11-13-17-14(16)12-7-10-20-15(12)18-13/h7,10H,3-6,8-9,11H2,1-2H3. The maximum absolute atomic E-state index is 6.23. The zero-order valence-corrected chi connectivity index (χ0v) is 13.8. The fourth-order valence-electron chi connectivity index (χ4n) is 2.16. The van der Waals surface area contributed by atoms with Crippen LogP contribution < -0.4 is 0 Å². The van der Waals surface area contributed by atoms with E-state index in [1.54, 1.807) is 11.3 Å². The molecule has 5 heteroatoms. The SMILES string of the molecule is CCCCN(CCCC)Cc1nc(Cl)c2ccsc2n1. The molecule has 2 aromatic heterocycles. The van der Waals surface area contributed by atoms with Crippen LogP contribution in [0.15, 0.2) is 11.4 Å². The van der Waals surface area contributed by atoms with Gasteiger partial charge < -0.3 is 0 Å². The van der Waals surface area contributed by atoms with Crippen molar-refractivity contribution in [3.8, 4) is 0 Å². The smallest absolute Gasteiger partial charge is 0.145 e. The van der Waals surface area contributed by atoms with E-state index in [2.05, 4.69) is 28.7 Å². The highest BCUT2D eigenvalue weighted by molar-refractivity contribution is 7.16. The van der Waals surface area contributed by atoms with Crippen molar-refractivity contribution in [3.63, 3.8) is 0 Å². The quantitative estimate of drug-likeness (QED) is 0.659. The fraction of sp³-hybridized carbons (Fsp3) is 0.600. The minimum Gasteiger partial charge on any atom is -0.296 e. The van der Waals surface area contributed by atoms with Gasteiger partial charge in [-0.1, -0.05) is 38.3 Å². The molecule has 0 saturated carbocycles. The lowest BCUT2D eigenvalue weighted by molar-refractivity contribution is 0.251. The lowest BCUT2D eigenvalue weighted by Gasteiger charge is -2.21. The number of fused-ring (bicyclic) bond motifs is 1. The molecule has 2 aromatic rings. The van der Waals surface area contributed by atoms with Crippen LogP contribution in [0.4, 0.5) is 0 Å². The predicted molar refractivity (Wildman–Crippen MR) is 87.5 cm³/mol. The van der Waals surface area contributed by atoms with Crippen molar-refractivity contribution < 1.29 is 0 Å². The van der Waals surface area contributed by atoms with E-state index < -0.39 is 0 Å². The van der Waals surface area contributed by atoms with Crippen molar-refractivity contribution in [2.24, 2.45) is 0 Å². The van der Waals surface area contributed by atoms with Gasteiger partial charge in [0.05, 0.1) is 6.54 Å². The molecule has 0 saturated heterocycles. The van der Waals surface area contributed by atoms with Crippen LogP contribution in [0.1, 0.15) is 45.4 Å². The summed E-state index contributed by atoms with van der Waals surface area (Å²) in [7, 11) is 0. The first-order valence-electron chi connectivity index (χ1n) is 7.36. The highest BCUT2D eigenvalue weighted by Crippen LogP contribution is 2.25. The van der Waals surface area contributed by atoms with E-state index in [1.165, 1.54) is 25.7 Å². The van der Waals surface area contributed by atoms with Gasteiger partial charge in [0.2, 0.25) is 0 Å². The number of thiophene rings is 1. The zero-order valence-electron chi connectivity index (χ0n) is 12.2. The molecule has 0 bridgehead atoms. The van der Waals surface area contributed by atoms with Gasteiger partial charge in [-0.2, -0.15) is 0 Å². The Balaban J connectivity index is 2.09. The minimum absolute atomic E-state index is 0.581. The summed E-state index contributed by atoms with van der Waals surface area (Å²) >= 11 is 7.86. The molecular formula is C15H22ClN3S. The van der Waals surface area contributed by atoms with Gasteiger partial charge >= 0.3 is 0 Å². The van der Waals surface area contributed by atoms with Gasteiger partial charge in [-0.15, -0.1) is 11.3 Å². The number of hydrogen-bond acceptors (Lipinski definition) is 4. The van der Waals surface area contributed by atoms with Crippen molar-refractivity contribution in [1.29, 1.82) is 0 Å². The Morgan fingerprint density at radius 2 is 1.85 bits per heavy atom. The Kier molecular flexibility index (Phi) is 6.20. The second-order valence-electron chi connectivity index (χ2n) is 5.05. The van der Waals surface area contributed by atoms with Gasteiger partial charge in [0, 0.05) is 5.39 Å². The molecule has 0 unspecified atom stereocenters. The fourth-order valence-corrected chi connectivity index (χ4v) is 3.25. The number of halogens is 1. The first kappa shape index (κ1) is 15.7. The normalized spacial score (nSPS) is 11.6. The summed E-state index contributed by atoms with van der Waals surface area (Å²) in [6.45, 7) is 7.47. The molecule has 0 fully saturated rings. The van der Waals surface area contributed by atoms with Crippen LogP contribution >= 0.6 is 22.9 Å². The van der Waals surface area contributed by atoms with Crippen molar-refractivity contribution in [2.75, 3.05) is 13.1 Å². The molecular weight excluding hydrogens is 290 g/mol. The molecule has 0 amide bonds. The molecule has 3 nitrogen and oxygen atoms in total. The van der Waals surface area contributed by atoms with Crippen molar-refractivity contribution >= 4 is 33.2 Å². The molecule has 2 rings (SSSR count). The first-order valence-corrected chi connectivity index (χ1v) is 8.62. The molecule has 0 spiro atoms. The lowest BCUT2D eigenvalue weighted by atomic mass is 10.2. The summed E-state index contributed by atoms with van der Waals surface area (Å²) in [5, 5.41) is 3.56. The van der Waals surface area contributed by atoms with E-state index in [4.69, 9.17) is 11.6 Å². The molecule has 0 atom stereocenters. The monoisotopic (exact) mass is 311 g/mol. The van der Waals surface area contributed by atoms with Crippen LogP contribution in [-0.2, 0) is 6.54 Å². The molecule has 110 valence electrons. The van der Waals surface area contributed by atoms with Gasteiger partial charge in [0.15, 0.2) is 0 Å². The topological polar surface area (TPSA) is 29.0 Å². The lowest BCUT2D eigenvalue weighted by Crippen LogP contribution is -2.26. The second kappa shape index (κ2) is 7.91. The van der Waals surface area contributed by atoms with Crippen LogP contribution in [0.25, 0.3) is 10.2 Å². The third-order valence-electron chi connectivity index (χ3n) is 3.35. The summed E-state index contributed by atoms with van der Waals surface area (Å²) in [5.74, 6) is 0.845. The number of unbranched alkanes of at least 4 members (excludes halogenated alkanes) is 2. The average Bonchev–Trinajstić information content (AvgIpc) is 2.90. The Morgan fingerprint density at radius 1 is 1.15 bits per heavy atom. The highest BCUT2D eigenvalue weighted by Gasteiger charge is 2.11. The van der Waals surface area contributed by atoms with Crippen molar-refractivity contribution in [3.05, 3.63) is 22.4 Å². The third-order valence-corrected chi connectivity index (χ3v) is 4.44. The van der Waals surface area contributed by atoms with E-state index in [-0.39, 0.29) is 0 Å². The van der Waals surface area contributed by atoms with E-state index in [9.17, 15) is 0 Å². The summed E-state index contributed by atoms with van der Waals surface area (Å²) in [6, 6.07) is 1.98. The molecule has 0 aliphatic rings. The van der Waals surface area contributed by atoms with E-state index in [0.29, 0.717) is 5.15 Å². The van der Waals surface area contributed by atoms with Crippen LogP contribution in [0.5, 0.6) is 0 Å². The van der Waals surface area contributed by atoms with E-state index in [1.807, 2.05) is 11.4 Å². The summed E-state index contributed by atoms with van der Waals surface area (Å²) < 4.78 is 0. The summed E-state index contributed by atoms with van der Waals surface area (Å²) in [4.78, 5) is 12.5. The molecule has 0 radical (unpaired) electrons. The maximum Gasteiger partial charge on any atom is 0.145 e. The minimum atomic E-state index is 0.581. The predicted octanol–water partition coefficient (Wildman–Crippen LogP) is 4.75. The number of nitrogens with zero attached hydrogens (tertiary/aromatic N) is 3. The van der Waals surface area contributed by atoms with E-state index >= 15 is 0 Å². The van der Waals surface area contributed by atoms with Crippen molar-refractivity contribution in [2.45, 2.75) is 46.1 Å². The molecule has 0 aliphatic carbocycles. The summed E-state index contributed by atoms with van der Waals surface area (Å²) in [5.41, 5.74) is 0. The Bertz CT molecular complexity index is 533. The van der Waals surface area contributed by atoms with Gasteiger partial charge in [-0.25, -0.2) is 9.97 Å². The van der Waals surface area contributed by atoms with Gasteiger partial charge in [-0.3, -0.25) is 4.90 Å². The molecule has 2 heterocycles. The van der Waals surface area contributed by atoms with Crippen molar-refractivity contribution in [1.82, 2.24) is 14.9 Å². The average molecular weight is 312 g/mol. The number of hydrogen-bond donors (Lipinski definition) is 0. The first-order chi connectivity index (χ1) is 9.74. The maximum atomic E-state index is 6.23.